The molecule has 1 atom stereocenters. The van der Waals surface area contributed by atoms with E-state index in [4.69, 9.17) is 4.74 Å². The Labute approximate surface area is 138 Å². The van der Waals surface area contributed by atoms with Crippen molar-refractivity contribution in [2.75, 3.05) is 19.7 Å². The van der Waals surface area contributed by atoms with Crippen molar-refractivity contribution >= 4 is 5.91 Å². The van der Waals surface area contributed by atoms with Crippen LogP contribution in [0, 0.1) is 18.6 Å². The molecule has 0 radical (unpaired) electrons. The first kappa shape index (κ1) is 16.4. The topological polar surface area (TPSA) is 58.2 Å². The molecule has 0 bridgehead atoms. The number of aromatic amines is 1. The summed E-state index contributed by atoms with van der Waals surface area (Å²) in [5.41, 5.74) is 1.93. The molecule has 2 aromatic rings. The molecule has 1 saturated heterocycles. The summed E-state index contributed by atoms with van der Waals surface area (Å²) < 4.78 is 31.8. The number of H-pyrrole nitrogens is 1. The van der Waals surface area contributed by atoms with Gasteiger partial charge < -0.3 is 9.64 Å². The van der Waals surface area contributed by atoms with E-state index in [9.17, 15) is 13.6 Å². The number of carbonyl (C=O) groups excluding carboxylic acids is 1. The average molecular weight is 335 g/mol. The number of piperidine rings is 1. The van der Waals surface area contributed by atoms with E-state index < -0.39 is 11.6 Å². The lowest BCUT2D eigenvalue weighted by Crippen LogP contribution is -2.41. The molecular formula is C17H19F2N3O2. The SMILES string of the molecule is Cc1cc([C@H]2CCCN(C(=O)COc3cc(F)ccc3F)C2)n[nH]1. The Balaban J connectivity index is 1.59. The number of benzene rings is 1. The van der Waals surface area contributed by atoms with E-state index in [0.717, 1.165) is 42.4 Å². The minimum absolute atomic E-state index is 0.179. The fourth-order valence-electron chi connectivity index (χ4n) is 2.91. The van der Waals surface area contributed by atoms with Crippen LogP contribution in [-0.2, 0) is 4.79 Å². The third kappa shape index (κ3) is 3.72. The zero-order valence-corrected chi connectivity index (χ0v) is 13.4. The van der Waals surface area contributed by atoms with Gasteiger partial charge in [0.05, 0.1) is 5.69 Å². The van der Waals surface area contributed by atoms with E-state index in [0.29, 0.717) is 13.1 Å². The predicted molar refractivity (Wildman–Crippen MR) is 83.7 cm³/mol. The molecule has 0 unspecified atom stereocenters. The van der Waals surface area contributed by atoms with Crippen LogP contribution in [0.4, 0.5) is 8.78 Å². The number of nitrogens with one attached hydrogen (secondary N) is 1. The third-order valence-electron chi connectivity index (χ3n) is 4.16. The standard InChI is InChI=1S/C17H19F2N3O2/c1-11-7-15(21-20-11)12-3-2-6-22(9-12)17(23)10-24-16-8-13(18)4-5-14(16)19/h4-5,7-8,12H,2-3,6,9-10H2,1H3,(H,20,21)/t12-/m0/s1. The molecule has 0 spiro atoms. The summed E-state index contributed by atoms with van der Waals surface area (Å²) in [6.45, 7) is 2.81. The van der Waals surface area contributed by atoms with Gasteiger partial charge in [-0.15, -0.1) is 0 Å². The van der Waals surface area contributed by atoms with Crippen molar-refractivity contribution in [2.45, 2.75) is 25.7 Å². The highest BCUT2D eigenvalue weighted by atomic mass is 19.1. The first-order chi connectivity index (χ1) is 11.5. The van der Waals surface area contributed by atoms with Crippen LogP contribution < -0.4 is 4.74 Å². The second-order valence-electron chi connectivity index (χ2n) is 6.02. The summed E-state index contributed by atoms with van der Waals surface area (Å²) in [7, 11) is 0. The molecule has 1 aliphatic rings. The number of nitrogens with zero attached hydrogens (tertiary/aromatic N) is 2. The van der Waals surface area contributed by atoms with Crippen molar-refractivity contribution in [3.8, 4) is 5.75 Å². The van der Waals surface area contributed by atoms with Crippen molar-refractivity contribution < 1.29 is 18.3 Å². The normalized spacial score (nSPS) is 17.8. The minimum Gasteiger partial charge on any atom is -0.481 e. The quantitative estimate of drug-likeness (QED) is 0.935. The molecule has 7 heteroatoms. The van der Waals surface area contributed by atoms with Crippen LogP contribution in [0.25, 0.3) is 0 Å². The molecule has 0 aliphatic carbocycles. The maximum atomic E-state index is 13.5. The van der Waals surface area contributed by atoms with Gasteiger partial charge in [0.1, 0.15) is 5.82 Å². The summed E-state index contributed by atoms with van der Waals surface area (Å²) in [5, 5.41) is 7.18. The van der Waals surface area contributed by atoms with Crippen LogP contribution in [0.1, 0.15) is 30.1 Å². The van der Waals surface area contributed by atoms with E-state index >= 15 is 0 Å². The second kappa shape index (κ2) is 6.98. The van der Waals surface area contributed by atoms with Gasteiger partial charge >= 0.3 is 0 Å². The molecule has 0 saturated carbocycles. The number of carbonyl (C=O) groups is 1. The van der Waals surface area contributed by atoms with E-state index in [1.54, 1.807) is 4.90 Å². The molecule has 2 heterocycles. The molecule has 128 valence electrons. The minimum atomic E-state index is -0.687. The predicted octanol–water partition coefficient (Wildman–Crippen LogP) is 2.78. The number of rotatable bonds is 4. The average Bonchev–Trinajstić information content (AvgIpc) is 3.02. The fourth-order valence-corrected chi connectivity index (χ4v) is 2.91. The number of ether oxygens (including phenoxy) is 1. The molecule has 1 aliphatic heterocycles. The second-order valence-corrected chi connectivity index (χ2v) is 6.02. The van der Waals surface area contributed by atoms with Crippen LogP contribution in [0.3, 0.4) is 0 Å². The van der Waals surface area contributed by atoms with Crippen LogP contribution in [0.15, 0.2) is 24.3 Å². The summed E-state index contributed by atoms with van der Waals surface area (Å²) in [4.78, 5) is 14.0. The van der Waals surface area contributed by atoms with Crippen molar-refractivity contribution in [3.63, 3.8) is 0 Å². The Morgan fingerprint density at radius 1 is 1.42 bits per heavy atom. The molecular weight excluding hydrogens is 316 g/mol. The third-order valence-corrected chi connectivity index (χ3v) is 4.16. The van der Waals surface area contributed by atoms with Crippen LogP contribution in [0.5, 0.6) is 5.75 Å². The molecule has 1 N–H and O–H groups in total. The highest BCUT2D eigenvalue weighted by molar-refractivity contribution is 5.78. The summed E-state index contributed by atoms with van der Waals surface area (Å²) in [5.74, 6) is -1.60. The number of likely N-dealkylation sites (tertiary alicyclic amines) is 1. The van der Waals surface area contributed by atoms with Gasteiger partial charge in [-0.25, -0.2) is 8.78 Å². The van der Waals surface area contributed by atoms with Crippen LogP contribution in [-0.4, -0.2) is 40.7 Å². The van der Waals surface area contributed by atoms with Crippen molar-refractivity contribution in [3.05, 3.63) is 47.3 Å². The first-order valence-electron chi connectivity index (χ1n) is 7.90. The van der Waals surface area contributed by atoms with E-state index in [2.05, 4.69) is 10.2 Å². The highest BCUT2D eigenvalue weighted by Crippen LogP contribution is 2.26. The molecule has 1 aromatic heterocycles. The number of amides is 1. The number of hydrogen-bond acceptors (Lipinski definition) is 3. The highest BCUT2D eigenvalue weighted by Gasteiger charge is 2.26. The van der Waals surface area contributed by atoms with Gasteiger partial charge in [-0.1, -0.05) is 0 Å². The lowest BCUT2D eigenvalue weighted by atomic mass is 9.94. The van der Waals surface area contributed by atoms with Crippen molar-refractivity contribution in [2.24, 2.45) is 0 Å². The largest absolute Gasteiger partial charge is 0.481 e. The van der Waals surface area contributed by atoms with E-state index in [-0.39, 0.29) is 24.2 Å². The summed E-state index contributed by atoms with van der Waals surface area (Å²) in [6, 6.07) is 4.91. The molecule has 1 aromatic carbocycles. The molecule has 3 rings (SSSR count). The van der Waals surface area contributed by atoms with Crippen molar-refractivity contribution in [1.29, 1.82) is 0 Å². The lowest BCUT2D eigenvalue weighted by molar-refractivity contribution is -0.134. The lowest BCUT2D eigenvalue weighted by Gasteiger charge is -2.31. The van der Waals surface area contributed by atoms with Crippen LogP contribution >= 0.6 is 0 Å². The first-order valence-corrected chi connectivity index (χ1v) is 7.90. The Kier molecular flexibility index (Phi) is 4.78. The Bertz CT molecular complexity index is 732. The summed E-state index contributed by atoms with van der Waals surface area (Å²) in [6.07, 6.45) is 1.84. The van der Waals surface area contributed by atoms with Gasteiger partial charge in [-0.2, -0.15) is 5.10 Å². The summed E-state index contributed by atoms with van der Waals surface area (Å²) >= 11 is 0. The van der Waals surface area contributed by atoms with Crippen LogP contribution in [0.2, 0.25) is 0 Å². The molecule has 24 heavy (non-hydrogen) atoms. The monoisotopic (exact) mass is 335 g/mol. The Hall–Kier alpha value is -2.44. The number of hydrogen-bond donors (Lipinski definition) is 1. The number of aromatic nitrogens is 2. The van der Waals surface area contributed by atoms with E-state index in [1.807, 2.05) is 13.0 Å². The molecule has 1 amide bonds. The van der Waals surface area contributed by atoms with Gasteiger partial charge in [0.15, 0.2) is 18.2 Å². The zero-order chi connectivity index (χ0) is 17.1. The maximum absolute atomic E-state index is 13.5. The zero-order valence-electron chi connectivity index (χ0n) is 13.4. The Morgan fingerprint density at radius 3 is 3.00 bits per heavy atom. The van der Waals surface area contributed by atoms with Gasteiger partial charge in [0.2, 0.25) is 0 Å². The van der Waals surface area contributed by atoms with E-state index in [1.165, 1.54) is 0 Å². The smallest absolute Gasteiger partial charge is 0.260 e. The fraction of sp³-hybridized carbons (Fsp3) is 0.412. The van der Waals surface area contributed by atoms with Gasteiger partial charge in [-0.05, 0) is 38.0 Å². The van der Waals surface area contributed by atoms with Gasteiger partial charge in [0.25, 0.3) is 5.91 Å². The number of aryl methyl sites for hydroxylation is 1. The van der Waals surface area contributed by atoms with Gasteiger partial charge in [0, 0.05) is 30.8 Å². The number of halogens is 2. The maximum Gasteiger partial charge on any atom is 0.260 e. The van der Waals surface area contributed by atoms with Crippen molar-refractivity contribution in [1.82, 2.24) is 15.1 Å². The Morgan fingerprint density at radius 2 is 2.25 bits per heavy atom. The molecule has 1 fully saturated rings. The molecule has 5 nitrogen and oxygen atoms in total. The van der Waals surface area contributed by atoms with Gasteiger partial charge in [-0.3, -0.25) is 9.89 Å².